The van der Waals surface area contributed by atoms with Crippen molar-refractivity contribution in [2.75, 3.05) is 27.2 Å². The van der Waals surface area contributed by atoms with Crippen LogP contribution in [0.2, 0.25) is 0 Å². The Balaban J connectivity index is 2.32. The van der Waals surface area contributed by atoms with E-state index < -0.39 is 0 Å². The fourth-order valence-corrected chi connectivity index (χ4v) is 1.61. The third kappa shape index (κ3) is 4.73. The van der Waals surface area contributed by atoms with Crippen LogP contribution in [-0.2, 0) is 0 Å². The average Bonchev–Trinajstić information content (AvgIpc) is 2.24. The van der Waals surface area contributed by atoms with Crippen LogP contribution < -0.4 is 5.32 Å². The third-order valence-electron chi connectivity index (χ3n) is 2.58. The minimum Gasteiger partial charge on any atom is -0.310 e. The predicted octanol–water partition coefficient (Wildman–Crippen LogP) is 2.43. The molecule has 0 saturated heterocycles. The van der Waals surface area contributed by atoms with Crippen molar-refractivity contribution in [3.8, 4) is 0 Å². The van der Waals surface area contributed by atoms with Crippen LogP contribution in [0.4, 0.5) is 4.39 Å². The van der Waals surface area contributed by atoms with Gasteiger partial charge in [-0.2, -0.15) is 0 Å². The molecule has 0 unspecified atom stereocenters. The van der Waals surface area contributed by atoms with Crippen molar-refractivity contribution < 1.29 is 4.39 Å². The third-order valence-corrected chi connectivity index (χ3v) is 2.58. The second-order valence-corrected chi connectivity index (χ2v) is 4.39. The Kier molecular flexibility index (Phi) is 5.43. The summed E-state index contributed by atoms with van der Waals surface area (Å²) in [5.41, 5.74) is 1.00. The van der Waals surface area contributed by atoms with Crippen LogP contribution in [0.15, 0.2) is 24.3 Å². The maximum absolute atomic E-state index is 13.0. The number of rotatable bonds is 6. The van der Waals surface area contributed by atoms with E-state index in [4.69, 9.17) is 0 Å². The van der Waals surface area contributed by atoms with E-state index in [1.54, 1.807) is 12.1 Å². The van der Waals surface area contributed by atoms with Crippen LogP contribution in [0.5, 0.6) is 0 Å². The molecule has 1 aromatic carbocycles. The molecule has 0 heterocycles. The summed E-state index contributed by atoms with van der Waals surface area (Å²) < 4.78 is 13.0. The van der Waals surface area contributed by atoms with Crippen molar-refractivity contribution in [2.45, 2.75) is 19.4 Å². The van der Waals surface area contributed by atoms with Crippen LogP contribution >= 0.6 is 0 Å². The van der Waals surface area contributed by atoms with Gasteiger partial charge in [-0.3, -0.25) is 0 Å². The molecule has 16 heavy (non-hydrogen) atoms. The van der Waals surface area contributed by atoms with Gasteiger partial charge in [-0.25, -0.2) is 4.39 Å². The van der Waals surface area contributed by atoms with Gasteiger partial charge >= 0.3 is 0 Å². The first kappa shape index (κ1) is 13.1. The van der Waals surface area contributed by atoms with Gasteiger partial charge in [0.2, 0.25) is 0 Å². The molecule has 90 valence electrons. The molecule has 0 aromatic heterocycles. The highest BCUT2D eigenvalue weighted by Gasteiger charge is 2.04. The van der Waals surface area contributed by atoms with E-state index in [0.717, 1.165) is 25.1 Å². The highest BCUT2D eigenvalue weighted by atomic mass is 19.1. The van der Waals surface area contributed by atoms with Gasteiger partial charge in [0.25, 0.3) is 0 Å². The molecule has 0 fully saturated rings. The van der Waals surface area contributed by atoms with Gasteiger partial charge in [-0.1, -0.05) is 12.1 Å². The molecule has 1 rings (SSSR count). The molecule has 1 atom stereocenters. The quantitative estimate of drug-likeness (QED) is 0.747. The first-order chi connectivity index (χ1) is 7.59. The fourth-order valence-electron chi connectivity index (χ4n) is 1.61. The maximum atomic E-state index is 13.0. The van der Waals surface area contributed by atoms with Gasteiger partial charge < -0.3 is 10.2 Å². The highest BCUT2D eigenvalue weighted by molar-refractivity contribution is 5.19. The van der Waals surface area contributed by atoms with E-state index in [0.29, 0.717) is 0 Å². The molecular weight excluding hydrogens is 203 g/mol. The zero-order valence-electron chi connectivity index (χ0n) is 10.3. The Morgan fingerprint density at radius 2 is 2.12 bits per heavy atom. The van der Waals surface area contributed by atoms with Crippen LogP contribution in [0.3, 0.4) is 0 Å². The number of halogens is 1. The van der Waals surface area contributed by atoms with Gasteiger partial charge in [0.1, 0.15) is 5.82 Å². The summed E-state index contributed by atoms with van der Waals surface area (Å²) in [7, 11) is 4.13. The zero-order valence-corrected chi connectivity index (χ0v) is 10.3. The Morgan fingerprint density at radius 3 is 2.75 bits per heavy atom. The summed E-state index contributed by atoms with van der Waals surface area (Å²) >= 11 is 0. The number of hydrogen-bond acceptors (Lipinski definition) is 2. The van der Waals surface area contributed by atoms with Gasteiger partial charge in [-0.15, -0.1) is 0 Å². The second kappa shape index (κ2) is 6.61. The molecule has 0 spiro atoms. The summed E-state index contributed by atoms with van der Waals surface area (Å²) in [6.45, 7) is 4.09. The standard InChI is InChI=1S/C13H21FN2/c1-11(15-8-5-9-16(2)3)12-6-4-7-13(14)10-12/h4,6-7,10-11,15H,5,8-9H2,1-3H3/t11-/m0/s1. The van der Waals surface area contributed by atoms with E-state index in [9.17, 15) is 4.39 Å². The Morgan fingerprint density at radius 1 is 1.38 bits per heavy atom. The number of hydrogen-bond donors (Lipinski definition) is 1. The highest BCUT2D eigenvalue weighted by Crippen LogP contribution is 2.12. The van der Waals surface area contributed by atoms with Crippen LogP contribution in [-0.4, -0.2) is 32.1 Å². The number of nitrogens with one attached hydrogen (secondary N) is 1. The van der Waals surface area contributed by atoms with Crippen molar-refractivity contribution in [1.29, 1.82) is 0 Å². The summed E-state index contributed by atoms with van der Waals surface area (Å²) in [6.07, 6.45) is 1.10. The van der Waals surface area contributed by atoms with E-state index in [-0.39, 0.29) is 11.9 Å². The summed E-state index contributed by atoms with van der Waals surface area (Å²) in [4.78, 5) is 2.16. The SMILES string of the molecule is C[C@H](NCCCN(C)C)c1cccc(F)c1. The van der Waals surface area contributed by atoms with Gasteiger partial charge in [-0.05, 0) is 58.2 Å². The minimum atomic E-state index is -0.167. The molecule has 0 bridgehead atoms. The molecule has 2 nitrogen and oxygen atoms in total. The van der Waals surface area contributed by atoms with Crippen LogP contribution in [0.1, 0.15) is 24.9 Å². The molecular formula is C13H21FN2. The summed E-state index contributed by atoms with van der Waals surface area (Å²) in [5.74, 6) is -0.167. The summed E-state index contributed by atoms with van der Waals surface area (Å²) in [5, 5.41) is 3.39. The molecule has 1 N–H and O–H groups in total. The van der Waals surface area contributed by atoms with Crippen molar-refractivity contribution in [2.24, 2.45) is 0 Å². The van der Waals surface area contributed by atoms with Gasteiger partial charge in [0.15, 0.2) is 0 Å². The number of benzene rings is 1. The van der Waals surface area contributed by atoms with E-state index in [1.165, 1.54) is 6.07 Å². The van der Waals surface area contributed by atoms with E-state index in [1.807, 2.05) is 6.07 Å². The van der Waals surface area contributed by atoms with Crippen molar-refractivity contribution >= 4 is 0 Å². The Labute approximate surface area is 97.5 Å². The lowest BCUT2D eigenvalue weighted by atomic mass is 10.1. The largest absolute Gasteiger partial charge is 0.310 e. The first-order valence-electron chi connectivity index (χ1n) is 5.73. The molecule has 1 aromatic rings. The second-order valence-electron chi connectivity index (χ2n) is 4.39. The van der Waals surface area contributed by atoms with Crippen LogP contribution in [0.25, 0.3) is 0 Å². The Hall–Kier alpha value is -0.930. The monoisotopic (exact) mass is 224 g/mol. The fraction of sp³-hybridized carbons (Fsp3) is 0.538. The first-order valence-corrected chi connectivity index (χ1v) is 5.73. The van der Waals surface area contributed by atoms with E-state index >= 15 is 0 Å². The predicted molar refractivity (Wildman–Crippen MR) is 66.0 cm³/mol. The van der Waals surface area contributed by atoms with Crippen molar-refractivity contribution in [3.63, 3.8) is 0 Å². The average molecular weight is 224 g/mol. The number of nitrogens with zero attached hydrogens (tertiary/aromatic N) is 1. The lowest BCUT2D eigenvalue weighted by Crippen LogP contribution is -2.23. The molecule has 0 aliphatic rings. The van der Waals surface area contributed by atoms with Crippen molar-refractivity contribution in [3.05, 3.63) is 35.6 Å². The zero-order chi connectivity index (χ0) is 12.0. The van der Waals surface area contributed by atoms with Gasteiger partial charge in [0.05, 0.1) is 0 Å². The van der Waals surface area contributed by atoms with E-state index in [2.05, 4.69) is 31.2 Å². The maximum Gasteiger partial charge on any atom is 0.123 e. The minimum absolute atomic E-state index is 0.167. The van der Waals surface area contributed by atoms with Crippen molar-refractivity contribution in [1.82, 2.24) is 10.2 Å². The lowest BCUT2D eigenvalue weighted by molar-refractivity contribution is 0.389. The van der Waals surface area contributed by atoms with Crippen LogP contribution in [0, 0.1) is 5.82 Å². The molecule has 0 aliphatic heterocycles. The molecule has 0 radical (unpaired) electrons. The summed E-state index contributed by atoms with van der Waals surface area (Å²) in [6, 6.07) is 6.97. The normalized spacial score (nSPS) is 13.1. The molecule has 0 amide bonds. The molecule has 0 aliphatic carbocycles. The Bertz CT molecular complexity index is 313. The smallest absolute Gasteiger partial charge is 0.123 e. The van der Waals surface area contributed by atoms with Gasteiger partial charge in [0, 0.05) is 6.04 Å². The lowest BCUT2D eigenvalue weighted by Gasteiger charge is -2.15. The molecule has 3 heteroatoms. The molecule has 0 saturated carbocycles. The topological polar surface area (TPSA) is 15.3 Å².